The van der Waals surface area contributed by atoms with Crippen LogP contribution in [-0.2, 0) is 13.0 Å². The monoisotopic (exact) mass is 283 g/mol. The zero-order chi connectivity index (χ0) is 12.5. The van der Waals surface area contributed by atoms with Crippen molar-refractivity contribution in [1.82, 2.24) is 15.2 Å². The van der Waals surface area contributed by atoms with Gasteiger partial charge in [-0.05, 0) is 13.8 Å². The van der Waals surface area contributed by atoms with Gasteiger partial charge in [0.05, 0.1) is 11.7 Å². The van der Waals surface area contributed by atoms with E-state index in [4.69, 9.17) is 4.98 Å². The molecule has 0 bridgehead atoms. The zero-order valence-corrected chi connectivity index (χ0v) is 12.7. The number of aromatic nitrogens is 1. The van der Waals surface area contributed by atoms with Crippen molar-refractivity contribution >= 4 is 23.1 Å². The van der Waals surface area contributed by atoms with Crippen LogP contribution in [0.5, 0.6) is 0 Å². The smallest absolute Gasteiger partial charge is 0.111 e. The lowest BCUT2D eigenvalue weighted by molar-refractivity contribution is 0.205. The Morgan fingerprint density at radius 3 is 3.06 bits per heavy atom. The molecular weight excluding hydrogens is 262 g/mol. The van der Waals surface area contributed by atoms with Gasteiger partial charge in [-0.25, -0.2) is 4.98 Å². The van der Waals surface area contributed by atoms with E-state index in [0.717, 1.165) is 19.5 Å². The SMILES string of the molecule is CC(C)N1CCc2nc(C3CSCCN3)sc2C1. The first kappa shape index (κ1) is 12.9. The molecule has 1 atom stereocenters. The largest absolute Gasteiger partial charge is 0.306 e. The Kier molecular flexibility index (Phi) is 3.94. The van der Waals surface area contributed by atoms with Crippen LogP contribution in [-0.4, -0.2) is 40.5 Å². The number of rotatable bonds is 2. The molecule has 100 valence electrons. The minimum atomic E-state index is 0.492. The highest BCUT2D eigenvalue weighted by molar-refractivity contribution is 7.99. The fraction of sp³-hybridized carbons (Fsp3) is 0.769. The molecule has 2 aliphatic heterocycles. The lowest BCUT2D eigenvalue weighted by Crippen LogP contribution is -2.35. The van der Waals surface area contributed by atoms with Crippen molar-refractivity contribution in [1.29, 1.82) is 0 Å². The van der Waals surface area contributed by atoms with Gasteiger partial charge in [0, 0.05) is 48.5 Å². The Bertz CT molecular complexity index is 410. The average Bonchev–Trinajstić information content (AvgIpc) is 2.82. The molecule has 0 aliphatic carbocycles. The van der Waals surface area contributed by atoms with Crippen LogP contribution in [0.1, 0.15) is 35.5 Å². The lowest BCUT2D eigenvalue weighted by atomic mass is 10.1. The predicted octanol–water partition coefficient (Wildman–Crippen LogP) is 2.29. The summed E-state index contributed by atoms with van der Waals surface area (Å²) in [6.07, 6.45) is 1.13. The molecular formula is C13H21N3S2. The summed E-state index contributed by atoms with van der Waals surface area (Å²) in [6.45, 7) is 7.96. The predicted molar refractivity (Wildman–Crippen MR) is 79.4 cm³/mol. The van der Waals surface area contributed by atoms with Gasteiger partial charge in [-0.3, -0.25) is 4.90 Å². The Morgan fingerprint density at radius 2 is 2.33 bits per heavy atom. The number of hydrogen-bond donors (Lipinski definition) is 1. The third-order valence-corrected chi connectivity index (χ3v) is 5.99. The van der Waals surface area contributed by atoms with E-state index in [1.165, 1.54) is 33.6 Å². The Balaban J connectivity index is 1.76. The Hall–Kier alpha value is -0.100. The highest BCUT2D eigenvalue weighted by atomic mass is 32.2. The summed E-state index contributed by atoms with van der Waals surface area (Å²) in [7, 11) is 0. The van der Waals surface area contributed by atoms with E-state index in [1.807, 2.05) is 23.1 Å². The van der Waals surface area contributed by atoms with Gasteiger partial charge >= 0.3 is 0 Å². The third kappa shape index (κ3) is 2.59. The van der Waals surface area contributed by atoms with Crippen LogP contribution in [0.15, 0.2) is 0 Å². The van der Waals surface area contributed by atoms with E-state index in [2.05, 4.69) is 24.1 Å². The minimum Gasteiger partial charge on any atom is -0.306 e. The van der Waals surface area contributed by atoms with Gasteiger partial charge in [0.2, 0.25) is 0 Å². The number of nitrogens with zero attached hydrogens (tertiary/aromatic N) is 2. The van der Waals surface area contributed by atoms with Gasteiger partial charge in [0.1, 0.15) is 5.01 Å². The number of nitrogens with one attached hydrogen (secondary N) is 1. The maximum absolute atomic E-state index is 4.88. The molecule has 0 amide bonds. The van der Waals surface area contributed by atoms with E-state index in [0.29, 0.717) is 12.1 Å². The summed E-state index contributed by atoms with van der Waals surface area (Å²) in [6, 6.07) is 1.14. The Morgan fingerprint density at radius 1 is 1.44 bits per heavy atom. The van der Waals surface area contributed by atoms with Crippen LogP contribution in [0.3, 0.4) is 0 Å². The van der Waals surface area contributed by atoms with Gasteiger partial charge in [-0.1, -0.05) is 0 Å². The molecule has 0 radical (unpaired) electrons. The molecule has 0 spiro atoms. The number of hydrogen-bond acceptors (Lipinski definition) is 5. The maximum Gasteiger partial charge on any atom is 0.111 e. The van der Waals surface area contributed by atoms with E-state index in [9.17, 15) is 0 Å². The normalized spacial score (nSPS) is 25.4. The molecule has 18 heavy (non-hydrogen) atoms. The van der Waals surface area contributed by atoms with Gasteiger partial charge < -0.3 is 5.32 Å². The standard InChI is InChI=1S/C13H21N3S2/c1-9(2)16-5-3-10-12(7-16)18-13(15-10)11-8-17-6-4-14-11/h9,11,14H,3-8H2,1-2H3. The first-order chi connectivity index (χ1) is 8.74. The van der Waals surface area contributed by atoms with E-state index in [1.54, 1.807) is 0 Å². The number of thiazole rings is 1. The molecule has 3 heterocycles. The van der Waals surface area contributed by atoms with Gasteiger partial charge in [0.25, 0.3) is 0 Å². The van der Waals surface area contributed by atoms with Crippen molar-refractivity contribution in [2.45, 2.75) is 38.9 Å². The van der Waals surface area contributed by atoms with Crippen molar-refractivity contribution < 1.29 is 0 Å². The van der Waals surface area contributed by atoms with Gasteiger partial charge in [-0.15, -0.1) is 11.3 Å². The summed E-state index contributed by atoms with van der Waals surface area (Å²) in [5.41, 5.74) is 1.37. The summed E-state index contributed by atoms with van der Waals surface area (Å²) < 4.78 is 0. The second-order valence-electron chi connectivity index (χ2n) is 5.32. The van der Waals surface area contributed by atoms with Crippen LogP contribution >= 0.6 is 23.1 Å². The summed E-state index contributed by atoms with van der Waals surface area (Å²) >= 11 is 3.98. The Labute approximate surface area is 117 Å². The fourth-order valence-corrected chi connectivity index (χ4v) is 4.81. The summed E-state index contributed by atoms with van der Waals surface area (Å²) in [4.78, 5) is 8.94. The van der Waals surface area contributed by atoms with Crippen LogP contribution in [0.2, 0.25) is 0 Å². The van der Waals surface area contributed by atoms with Gasteiger partial charge in [-0.2, -0.15) is 11.8 Å². The molecule has 2 aliphatic rings. The van der Waals surface area contributed by atoms with Gasteiger partial charge in [0.15, 0.2) is 0 Å². The minimum absolute atomic E-state index is 0.492. The first-order valence-electron chi connectivity index (χ1n) is 6.77. The molecule has 3 nitrogen and oxygen atoms in total. The quantitative estimate of drug-likeness (QED) is 0.901. The molecule has 1 fully saturated rings. The molecule has 3 rings (SSSR count). The van der Waals surface area contributed by atoms with Crippen molar-refractivity contribution in [2.24, 2.45) is 0 Å². The second kappa shape index (κ2) is 5.49. The molecule has 0 saturated carbocycles. The zero-order valence-electron chi connectivity index (χ0n) is 11.1. The highest BCUT2D eigenvalue weighted by Gasteiger charge is 2.25. The fourth-order valence-electron chi connectivity index (χ4n) is 2.55. The topological polar surface area (TPSA) is 28.2 Å². The van der Waals surface area contributed by atoms with E-state index in [-0.39, 0.29) is 0 Å². The van der Waals surface area contributed by atoms with E-state index >= 15 is 0 Å². The maximum atomic E-state index is 4.88. The number of thioether (sulfide) groups is 1. The lowest BCUT2D eigenvalue weighted by Gasteiger charge is -2.29. The summed E-state index contributed by atoms with van der Waals surface area (Å²) in [5.74, 6) is 2.42. The molecule has 1 aromatic heterocycles. The van der Waals surface area contributed by atoms with Crippen LogP contribution < -0.4 is 5.32 Å². The molecule has 5 heteroatoms. The average molecular weight is 283 g/mol. The highest BCUT2D eigenvalue weighted by Crippen LogP contribution is 2.31. The second-order valence-corrected chi connectivity index (χ2v) is 7.58. The molecule has 1 N–H and O–H groups in total. The van der Waals surface area contributed by atoms with E-state index < -0.39 is 0 Å². The van der Waals surface area contributed by atoms with Crippen LogP contribution in [0.25, 0.3) is 0 Å². The molecule has 1 saturated heterocycles. The molecule has 0 aromatic carbocycles. The van der Waals surface area contributed by atoms with Crippen molar-refractivity contribution in [3.8, 4) is 0 Å². The third-order valence-electron chi connectivity index (χ3n) is 3.73. The number of fused-ring (bicyclic) bond motifs is 1. The van der Waals surface area contributed by atoms with Crippen molar-refractivity contribution in [3.05, 3.63) is 15.6 Å². The van der Waals surface area contributed by atoms with Crippen LogP contribution in [0.4, 0.5) is 0 Å². The van der Waals surface area contributed by atoms with Crippen LogP contribution in [0, 0.1) is 0 Å². The van der Waals surface area contributed by atoms with Crippen molar-refractivity contribution in [2.75, 3.05) is 24.6 Å². The first-order valence-corrected chi connectivity index (χ1v) is 8.75. The molecule has 1 unspecified atom stereocenters. The molecule has 1 aromatic rings. The van der Waals surface area contributed by atoms with Crippen molar-refractivity contribution in [3.63, 3.8) is 0 Å². The summed E-state index contributed by atoms with van der Waals surface area (Å²) in [5, 5.41) is 4.91.